The zero-order valence-corrected chi connectivity index (χ0v) is 21.5. The first-order valence-corrected chi connectivity index (χ1v) is 12.3. The topological polar surface area (TPSA) is 102 Å². The number of hydrogen-bond donors (Lipinski definition) is 1. The summed E-state index contributed by atoms with van der Waals surface area (Å²) >= 11 is 0. The molecule has 1 unspecified atom stereocenters. The number of nitrogens with zero attached hydrogens (tertiary/aromatic N) is 1. The van der Waals surface area contributed by atoms with Crippen LogP contribution in [-0.2, 0) is 30.5 Å². The molecule has 1 heterocycles. The quantitative estimate of drug-likeness (QED) is 0.248. The summed E-state index contributed by atoms with van der Waals surface area (Å²) in [6.07, 6.45) is 5.79. The smallest absolute Gasteiger partial charge is 0.338 e. The molecule has 1 aromatic rings. The van der Waals surface area contributed by atoms with Crippen molar-refractivity contribution in [1.29, 1.82) is 0 Å². The second-order valence-corrected chi connectivity index (χ2v) is 9.90. The van der Waals surface area contributed by atoms with Crippen molar-refractivity contribution >= 4 is 29.4 Å². The number of carbonyl (C=O) groups excluding carboxylic acids is 4. The molecular weight excluding hydrogens is 448 g/mol. The van der Waals surface area contributed by atoms with Gasteiger partial charge >= 0.3 is 5.97 Å². The molecule has 1 atom stereocenters. The number of anilines is 1. The molecule has 0 radical (unpaired) electrons. The third-order valence-corrected chi connectivity index (χ3v) is 5.66. The van der Waals surface area contributed by atoms with Gasteiger partial charge in [0, 0.05) is 43.0 Å². The Morgan fingerprint density at radius 2 is 1.77 bits per heavy atom. The number of rotatable bonds is 13. The maximum Gasteiger partial charge on any atom is 0.338 e. The van der Waals surface area contributed by atoms with Crippen LogP contribution in [0.5, 0.6) is 0 Å². The molecule has 1 N–H and O–H groups in total. The summed E-state index contributed by atoms with van der Waals surface area (Å²) in [5.74, 6) is -0.756. The molecule has 192 valence electrons. The van der Waals surface area contributed by atoms with E-state index in [9.17, 15) is 19.2 Å². The van der Waals surface area contributed by atoms with Crippen molar-refractivity contribution in [3.8, 4) is 0 Å². The molecule has 0 fully saturated rings. The number of carbonyl (C=O) groups is 4. The Bertz CT molecular complexity index is 929. The summed E-state index contributed by atoms with van der Waals surface area (Å²) in [4.78, 5) is 49.6. The van der Waals surface area contributed by atoms with Gasteiger partial charge in [0.2, 0.25) is 5.91 Å². The van der Waals surface area contributed by atoms with Crippen LogP contribution in [0.15, 0.2) is 30.4 Å². The molecule has 1 aliphatic rings. The van der Waals surface area contributed by atoms with E-state index in [0.29, 0.717) is 43.2 Å². The van der Waals surface area contributed by atoms with E-state index in [1.54, 1.807) is 39.0 Å². The van der Waals surface area contributed by atoms with Gasteiger partial charge in [-0.05, 0) is 58.1 Å². The van der Waals surface area contributed by atoms with Gasteiger partial charge in [-0.2, -0.15) is 0 Å². The zero-order valence-electron chi connectivity index (χ0n) is 21.5. The SMILES string of the molecule is CCC(C)CCOCc1ccc(C(=O)OC(C)(C)C)cc1NC(=O)CCCCN1C(=O)C=CC1=O. The lowest BCUT2D eigenvalue weighted by Crippen LogP contribution is -2.31. The third kappa shape index (κ3) is 9.64. The van der Waals surface area contributed by atoms with Crippen LogP contribution in [0.4, 0.5) is 5.69 Å². The average Bonchev–Trinajstić information content (AvgIpc) is 3.10. The van der Waals surface area contributed by atoms with Crippen LogP contribution < -0.4 is 5.32 Å². The molecule has 8 nitrogen and oxygen atoms in total. The molecule has 0 saturated heterocycles. The van der Waals surface area contributed by atoms with Crippen molar-refractivity contribution in [2.45, 2.75) is 78.9 Å². The molecule has 2 rings (SSSR count). The Hall–Kier alpha value is -3.00. The monoisotopic (exact) mass is 486 g/mol. The molecule has 0 aromatic heterocycles. The Labute approximate surface area is 208 Å². The van der Waals surface area contributed by atoms with Crippen molar-refractivity contribution in [1.82, 2.24) is 4.90 Å². The van der Waals surface area contributed by atoms with E-state index in [1.165, 1.54) is 12.2 Å². The van der Waals surface area contributed by atoms with Gasteiger partial charge in [-0.1, -0.05) is 26.3 Å². The van der Waals surface area contributed by atoms with Crippen LogP contribution in [0.1, 0.15) is 82.6 Å². The summed E-state index contributed by atoms with van der Waals surface area (Å²) < 4.78 is 11.3. The highest BCUT2D eigenvalue weighted by molar-refractivity contribution is 6.12. The van der Waals surface area contributed by atoms with Crippen molar-refractivity contribution < 1.29 is 28.7 Å². The molecule has 8 heteroatoms. The lowest BCUT2D eigenvalue weighted by atomic mass is 10.1. The number of nitrogens with one attached hydrogen (secondary N) is 1. The summed E-state index contributed by atoms with van der Waals surface area (Å²) in [7, 11) is 0. The predicted molar refractivity (Wildman–Crippen MR) is 134 cm³/mol. The van der Waals surface area contributed by atoms with E-state index in [4.69, 9.17) is 9.47 Å². The van der Waals surface area contributed by atoms with Crippen LogP contribution in [0.25, 0.3) is 0 Å². The van der Waals surface area contributed by atoms with Gasteiger partial charge in [-0.15, -0.1) is 0 Å². The van der Waals surface area contributed by atoms with Crippen LogP contribution in [0.2, 0.25) is 0 Å². The molecule has 0 saturated carbocycles. The lowest BCUT2D eigenvalue weighted by molar-refractivity contribution is -0.136. The highest BCUT2D eigenvalue weighted by Gasteiger charge is 2.23. The van der Waals surface area contributed by atoms with Gasteiger partial charge < -0.3 is 14.8 Å². The number of benzene rings is 1. The van der Waals surface area contributed by atoms with Gasteiger partial charge in [0.05, 0.1) is 12.2 Å². The van der Waals surface area contributed by atoms with Crippen molar-refractivity contribution in [3.63, 3.8) is 0 Å². The standard InChI is InChI=1S/C27H38N2O6/c1-6-19(2)14-16-34-18-21-11-10-20(26(33)35-27(3,4)5)17-22(21)28-23(30)9-7-8-15-29-24(31)12-13-25(29)32/h10-13,17,19H,6-9,14-16,18H2,1-5H3,(H,28,30). The number of imide groups is 1. The van der Waals surface area contributed by atoms with E-state index in [-0.39, 0.29) is 30.7 Å². The van der Waals surface area contributed by atoms with Crippen molar-refractivity contribution in [2.24, 2.45) is 5.92 Å². The minimum atomic E-state index is -0.633. The average molecular weight is 487 g/mol. The first kappa shape index (κ1) is 28.2. The van der Waals surface area contributed by atoms with E-state index in [2.05, 4.69) is 19.2 Å². The maximum absolute atomic E-state index is 12.6. The molecule has 0 aliphatic carbocycles. The largest absolute Gasteiger partial charge is 0.456 e. The Morgan fingerprint density at radius 1 is 1.09 bits per heavy atom. The second kappa shape index (κ2) is 13.2. The Morgan fingerprint density at radius 3 is 2.40 bits per heavy atom. The van der Waals surface area contributed by atoms with Crippen LogP contribution in [-0.4, -0.2) is 47.3 Å². The van der Waals surface area contributed by atoms with Gasteiger partial charge in [0.25, 0.3) is 11.8 Å². The zero-order chi connectivity index (χ0) is 26.0. The third-order valence-electron chi connectivity index (χ3n) is 5.66. The number of esters is 1. The van der Waals surface area contributed by atoms with Gasteiger partial charge in [-0.25, -0.2) is 4.79 Å². The second-order valence-electron chi connectivity index (χ2n) is 9.90. The van der Waals surface area contributed by atoms with E-state index in [1.807, 2.05) is 0 Å². The molecule has 0 bridgehead atoms. The highest BCUT2D eigenvalue weighted by Crippen LogP contribution is 2.22. The number of unbranched alkanes of at least 4 members (excludes halogenated alkanes) is 1. The minimum Gasteiger partial charge on any atom is -0.456 e. The molecular formula is C27H38N2O6. The van der Waals surface area contributed by atoms with E-state index < -0.39 is 11.6 Å². The first-order valence-electron chi connectivity index (χ1n) is 12.3. The van der Waals surface area contributed by atoms with Crippen molar-refractivity contribution in [3.05, 3.63) is 41.5 Å². The van der Waals surface area contributed by atoms with Crippen molar-refractivity contribution in [2.75, 3.05) is 18.5 Å². The van der Waals surface area contributed by atoms with Crippen LogP contribution in [0, 0.1) is 5.92 Å². The fraction of sp³-hybridized carbons (Fsp3) is 0.556. The molecule has 1 aromatic carbocycles. The van der Waals surface area contributed by atoms with Gasteiger partial charge in [0.15, 0.2) is 0 Å². The summed E-state index contributed by atoms with van der Waals surface area (Å²) in [6, 6.07) is 5.07. The molecule has 0 spiro atoms. The van der Waals surface area contributed by atoms with Gasteiger partial charge in [0.1, 0.15) is 5.60 Å². The Kier molecular flexibility index (Phi) is 10.6. The van der Waals surface area contributed by atoms with E-state index in [0.717, 1.165) is 23.3 Å². The first-order chi connectivity index (χ1) is 16.5. The maximum atomic E-state index is 12.6. The summed E-state index contributed by atoms with van der Waals surface area (Å²) in [5, 5.41) is 2.89. The van der Waals surface area contributed by atoms with Crippen LogP contribution in [0.3, 0.4) is 0 Å². The molecule has 3 amide bonds. The number of amides is 3. The fourth-order valence-corrected chi connectivity index (χ4v) is 3.37. The normalized spacial score (nSPS) is 14.4. The highest BCUT2D eigenvalue weighted by atomic mass is 16.6. The molecule has 35 heavy (non-hydrogen) atoms. The van der Waals surface area contributed by atoms with Gasteiger partial charge in [-0.3, -0.25) is 19.3 Å². The summed E-state index contributed by atoms with van der Waals surface area (Å²) in [5.41, 5.74) is 0.994. The lowest BCUT2D eigenvalue weighted by Gasteiger charge is -2.20. The fourth-order valence-electron chi connectivity index (χ4n) is 3.37. The summed E-state index contributed by atoms with van der Waals surface area (Å²) in [6.45, 7) is 10.9. The minimum absolute atomic E-state index is 0.217. The Balaban J connectivity index is 1.99. The van der Waals surface area contributed by atoms with E-state index >= 15 is 0 Å². The number of hydrogen-bond acceptors (Lipinski definition) is 6. The predicted octanol–water partition coefficient (Wildman–Crippen LogP) is 4.63. The molecule has 1 aliphatic heterocycles. The number of ether oxygens (including phenoxy) is 2. The van der Waals surface area contributed by atoms with Crippen LogP contribution >= 0.6 is 0 Å².